The van der Waals surface area contributed by atoms with Gasteiger partial charge in [0.05, 0.1) is 6.04 Å². The van der Waals surface area contributed by atoms with Crippen molar-refractivity contribution in [2.75, 3.05) is 14.1 Å². The molecule has 0 aliphatic rings. The minimum Gasteiger partial charge on any atom is -0.347 e. The average Bonchev–Trinajstić information content (AvgIpc) is 2.59. The summed E-state index contributed by atoms with van der Waals surface area (Å²) < 4.78 is 0. The van der Waals surface area contributed by atoms with Crippen LogP contribution in [0.25, 0.3) is 0 Å². The van der Waals surface area contributed by atoms with Crippen molar-refractivity contribution in [2.24, 2.45) is 0 Å². The lowest BCUT2D eigenvalue weighted by Gasteiger charge is -2.17. The van der Waals surface area contributed by atoms with Crippen molar-refractivity contribution in [1.82, 2.24) is 15.2 Å². The third-order valence-electron chi connectivity index (χ3n) is 2.04. The molecule has 1 rings (SSSR count). The second-order valence-electron chi connectivity index (χ2n) is 3.72. The second-order valence-corrected chi connectivity index (χ2v) is 4.66. The van der Waals surface area contributed by atoms with Crippen molar-refractivity contribution in [1.29, 1.82) is 0 Å². The molecule has 1 atom stereocenters. The largest absolute Gasteiger partial charge is 0.347 e. The molecule has 0 radical (unpaired) electrons. The van der Waals surface area contributed by atoms with Gasteiger partial charge in [0.2, 0.25) is 5.91 Å². The number of aryl methyl sites for hydroxylation is 1. The SMILES string of the molecule is Cc1csc(CN[C@H](C)C(=O)N(C)C)n1. The molecule has 0 spiro atoms. The fourth-order valence-corrected chi connectivity index (χ4v) is 1.92. The van der Waals surface area contributed by atoms with Gasteiger partial charge in [-0.15, -0.1) is 11.3 Å². The minimum atomic E-state index is -0.163. The van der Waals surface area contributed by atoms with Crippen LogP contribution in [0.1, 0.15) is 17.6 Å². The third-order valence-corrected chi connectivity index (χ3v) is 3.00. The third kappa shape index (κ3) is 3.60. The molecular formula is C10H17N3OS. The number of thiazole rings is 1. The van der Waals surface area contributed by atoms with Gasteiger partial charge in [-0.1, -0.05) is 0 Å². The number of nitrogens with one attached hydrogen (secondary N) is 1. The first-order valence-electron chi connectivity index (χ1n) is 4.86. The number of aromatic nitrogens is 1. The van der Waals surface area contributed by atoms with Gasteiger partial charge in [0, 0.05) is 31.7 Å². The fourth-order valence-electron chi connectivity index (χ4n) is 1.20. The van der Waals surface area contributed by atoms with Gasteiger partial charge in [-0.05, 0) is 13.8 Å². The van der Waals surface area contributed by atoms with Crippen LogP contribution in [0.2, 0.25) is 0 Å². The van der Waals surface area contributed by atoms with Gasteiger partial charge in [0.15, 0.2) is 0 Å². The van der Waals surface area contributed by atoms with Crippen molar-refractivity contribution in [3.05, 3.63) is 16.1 Å². The molecule has 1 heterocycles. The second kappa shape index (κ2) is 5.23. The maximum absolute atomic E-state index is 11.5. The fraction of sp³-hybridized carbons (Fsp3) is 0.600. The molecule has 0 aliphatic carbocycles. The molecule has 1 aromatic heterocycles. The van der Waals surface area contributed by atoms with Gasteiger partial charge in [0.1, 0.15) is 5.01 Å². The highest BCUT2D eigenvalue weighted by atomic mass is 32.1. The molecule has 0 unspecified atom stereocenters. The van der Waals surface area contributed by atoms with Crippen LogP contribution in [0.3, 0.4) is 0 Å². The summed E-state index contributed by atoms with van der Waals surface area (Å²) in [4.78, 5) is 17.4. The Morgan fingerprint density at radius 1 is 1.67 bits per heavy atom. The average molecular weight is 227 g/mol. The topological polar surface area (TPSA) is 45.2 Å². The summed E-state index contributed by atoms with van der Waals surface area (Å²) in [6.45, 7) is 4.48. The lowest BCUT2D eigenvalue weighted by Crippen LogP contribution is -2.41. The molecule has 1 amide bonds. The summed E-state index contributed by atoms with van der Waals surface area (Å²) in [7, 11) is 3.52. The summed E-state index contributed by atoms with van der Waals surface area (Å²) in [5, 5.41) is 6.18. The number of carbonyl (C=O) groups excluding carboxylic acids is 1. The number of carbonyl (C=O) groups is 1. The van der Waals surface area contributed by atoms with E-state index in [1.54, 1.807) is 30.3 Å². The molecule has 4 nitrogen and oxygen atoms in total. The Hall–Kier alpha value is -0.940. The van der Waals surface area contributed by atoms with Crippen molar-refractivity contribution >= 4 is 17.2 Å². The van der Waals surface area contributed by atoms with E-state index in [0.29, 0.717) is 6.54 Å². The molecule has 1 N–H and O–H groups in total. The van der Waals surface area contributed by atoms with Crippen LogP contribution >= 0.6 is 11.3 Å². The van der Waals surface area contributed by atoms with E-state index in [1.807, 2.05) is 19.2 Å². The van der Waals surface area contributed by atoms with Crippen molar-refractivity contribution in [3.63, 3.8) is 0 Å². The molecule has 0 bridgehead atoms. The van der Waals surface area contributed by atoms with Gasteiger partial charge < -0.3 is 4.90 Å². The van der Waals surface area contributed by atoms with Crippen LogP contribution in [-0.2, 0) is 11.3 Å². The molecule has 0 aromatic carbocycles. The molecule has 0 fully saturated rings. The Bertz CT molecular complexity index is 335. The molecule has 1 aromatic rings. The van der Waals surface area contributed by atoms with Gasteiger partial charge in [-0.2, -0.15) is 0 Å². The number of amides is 1. The normalized spacial score (nSPS) is 12.5. The van der Waals surface area contributed by atoms with Gasteiger partial charge >= 0.3 is 0 Å². The predicted molar refractivity (Wildman–Crippen MR) is 61.8 cm³/mol. The smallest absolute Gasteiger partial charge is 0.238 e. The van der Waals surface area contributed by atoms with E-state index in [9.17, 15) is 4.79 Å². The first-order valence-corrected chi connectivity index (χ1v) is 5.74. The zero-order valence-corrected chi connectivity index (χ0v) is 10.4. The van der Waals surface area contributed by atoms with E-state index in [1.165, 1.54) is 0 Å². The molecular weight excluding hydrogens is 210 g/mol. The standard InChI is InChI=1S/C10H17N3OS/c1-7-6-15-9(12-7)5-11-8(2)10(14)13(3)4/h6,8,11H,5H2,1-4H3/t8-/m1/s1. The van der Waals surface area contributed by atoms with Crippen LogP contribution in [0.5, 0.6) is 0 Å². The molecule has 5 heteroatoms. The van der Waals surface area contributed by atoms with Gasteiger partial charge in [-0.25, -0.2) is 4.98 Å². The Labute approximate surface area is 94.3 Å². The maximum Gasteiger partial charge on any atom is 0.238 e. The number of likely N-dealkylation sites (N-methyl/N-ethyl adjacent to an activating group) is 1. The molecule has 0 saturated carbocycles. The summed E-state index contributed by atoms with van der Waals surface area (Å²) in [5.41, 5.74) is 1.03. The van der Waals surface area contributed by atoms with E-state index in [2.05, 4.69) is 10.3 Å². The highest BCUT2D eigenvalue weighted by Gasteiger charge is 2.14. The Kier molecular flexibility index (Phi) is 4.23. The van der Waals surface area contributed by atoms with Crippen molar-refractivity contribution in [3.8, 4) is 0 Å². The highest BCUT2D eigenvalue weighted by molar-refractivity contribution is 7.09. The first kappa shape index (κ1) is 12.1. The van der Waals surface area contributed by atoms with Crippen LogP contribution in [0.4, 0.5) is 0 Å². The lowest BCUT2D eigenvalue weighted by atomic mass is 10.3. The van der Waals surface area contributed by atoms with E-state index < -0.39 is 0 Å². The van der Waals surface area contributed by atoms with E-state index in [-0.39, 0.29) is 11.9 Å². The summed E-state index contributed by atoms with van der Waals surface area (Å²) in [6.07, 6.45) is 0. The summed E-state index contributed by atoms with van der Waals surface area (Å²) in [5.74, 6) is 0.0864. The van der Waals surface area contributed by atoms with Crippen molar-refractivity contribution in [2.45, 2.75) is 26.4 Å². The quantitative estimate of drug-likeness (QED) is 0.835. The van der Waals surface area contributed by atoms with E-state index >= 15 is 0 Å². The number of hydrogen-bond donors (Lipinski definition) is 1. The Morgan fingerprint density at radius 3 is 2.80 bits per heavy atom. The monoisotopic (exact) mass is 227 g/mol. The predicted octanol–water partition coefficient (Wildman–Crippen LogP) is 1.02. The van der Waals surface area contributed by atoms with E-state index in [0.717, 1.165) is 10.7 Å². The van der Waals surface area contributed by atoms with Crippen LogP contribution in [-0.4, -0.2) is 35.9 Å². The molecule has 84 valence electrons. The highest BCUT2D eigenvalue weighted by Crippen LogP contribution is 2.08. The molecule has 0 saturated heterocycles. The zero-order chi connectivity index (χ0) is 11.4. The zero-order valence-electron chi connectivity index (χ0n) is 9.57. The van der Waals surface area contributed by atoms with Crippen LogP contribution in [0.15, 0.2) is 5.38 Å². The van der Waals surface area contributed by atoms with Gasteiger partial charge in [-0.3, -0.25) is 10.1 Å². The van der Waals surface area contributed by atoms with Gasteiger partial charge in [0.25, 0.3) is 0 Å². The Morgan fingerprint density at radius 2 is 2.33 bits per heavy atom. The molecule has 15 heavy (non-hydrogen) atoms. The molecule has 0 aliphatic heterocycles. The summed E-state index contributed by atoms with van der Waals surface area (Å²) >= 11 is 1.61. The summed E-state index contributed by atoms with van der Waals surface area (Å²) in [6, 6.07) is -0.163. The maximum atomic E-state index is 11.5. The van der Waals surface area contributed by atoms with Crippen molar-refractivity contribution < 1.29 is 4.79 Å². The van der Waals surface area contributed by atoms with Crippen LogP contribution in [0, 0.1) is 6.92 Å². The number of rotatable bonds is 4. The number of hydrogen-bond acceptors (Lipinski definition) is 4. The number of nitrogens with zero attached hydrogens (tertiary/aromatic N) is 2. The lowest BCUT2D eigenvalue weighted by molar-refractivity contribution is -0.130. The Balaban J connectivity index is 2.40. The van der Waals surface area contributed by atoms with Crippen LogP contribution < -0.4 is 5.32 Å². The first-order chi connectivity index (χ1) is 7.00. The minimum absolute atomic E-state index is 0.0864. The van der Waals surface area contributed by atoms with E-state index in [4.69, 9.17) is 0 Å².